The Balaban J connectivity index is 1.73. The smallest absolute Gasteiger partial charge is 0.240 e. The highest BCUT2D eigenvalue weighted by Gasteiger charge is 2.11. The molecule has 2 N–H and O–H groups in total. The molecular weight excluding hydrogens is 262 g/mol. The van der Waals surface area contributed by atoms with Gasteiger partial charge in [-0.1, -0.05) is 18.2 Å². The molecular formula is C13H17N3O2S. The van der Waals surface area contributed by atoms with Gasteiger partial charge in [-0.25, -0.2) is 18.1 Å². The molecule has 0 aliphatic carbocycles. The SMILES string of the molecule is O=S(=O)(NCCCCc1ncc[nH]1)c1ccccc1. The van der Waals surface area contributed by atoms with Gasteiger partial charge in [-0.05, 0) is 25.0 Å². The van der Waals surface area contributed by atoms with Crippen molar-refractivity contribution in [3.63, 3.8) is 0 Å². The lowest BCUT2D eigenvalue weighted by molar-refractivity contribution is 0.576. The lowest BCUT2D eigenvalue weighted by Crippen LogP contribution is -2.24. The van der Waals surface area contributed by atoms with Crippen molar-refractivity contribution in [1.29, 1.82) is 0 Å². The number of benzene rings is 1. The third kappa shape index (κ3) is 4.18. The van der Waals surface area contributed by atoms with Crippen molar-refractivity contribution in [3.8, 4) is 0 Å². The zero-order valence-corrected chi connectivity index (χ0v) is 11.4. The van der Waals surface area contributed by atoms with E-state index in [0.717, 1.165) is 25.1 Å². The number of unbranched alkanes of at least 4 members (excludes halogenated alkanes) is 1. The monoisotopic (exact) mass is 279 g/mol. The fourth-order valence-electron chi connectivity index (χ4n) is 1.74. The van der Waals surface area contributed by atoms with Gasteiger partial charge in [0.25, 0.3) is 0 Å². The molecule has 1 aromatic carbocycles. The van der Waals surface area contributed by atoms with E-state index in [1.54, 1.807) is 42.7 Å². The normalized spacial score (nSPS) is 11.6. The van der Waals surface area contributed by atoms with Crippen LogP contribution in [0.5, 0.6) is 0 Å². The average Bonchev–Trinajstić information content (AvgIpc) is 2.92. The summed E-state index contributed by atoms with van der Waals surface area (Å²) >= 11 is 0. The maximum absolute atomic E-state index is 11.9. The van der Waals surface area contributed by atoms with E-state index in [0.29, 0.717) is 11.4 Å². The Bertz CT molecular complexity index is 580. The fraction of sp³-hybridized carbons (Fsp3) is 0.308. The average molecular weight is 279 g/mol. The summed E-state index contributed by atoms with van der Waals surface area (Å²) in [7, 11) is -3.37. The Morgan fingerprint density at radius 2 is 1.95 bits per heavy atom. The molecule has 0 spiro atoms. The molecule has 102 valence electrons. The third-order valence-corrected chi connectivity index (χ3v) is 4.22. The number of aromatic nitrogens is 2. The molecule has 0 fully saturated rings. The van der Waals surface area contributed by atoms with Gasteiger partial charge in [-0.3, -0.25) is 0 Å². The first kappa shape index (κ1) is 13.8. The number of aromatic amines is 1. The Labute approximate surface area is 113 Å². The summed E-state index contributed by atoms with van der Waals surface area (Å²) < 4.78 is 26.4. The summed E-state index contributed by atoms with van der Waals surface area (Å²) in [6, 6.07) is 8.40. The lowest BCUT2D eigenvalue weighted by Gasteiger charge is -2.06. The number of imidazole rings is 1. The van der Waals surface area contributed by atoms with Gasteiger partial charge < -0.3 is 4.98 Å². The zero-order valence-electron chi connectivity index (χ0n) is 10.5. The second-order valence-corrected chi connectivity index (χ2v) is 5.97. The molecule has 6 heteroatoms. The van der Waals surface area contributed by atoms with E-state index in [1.807, 2.05) is 0 Å². The summed E-state index contributed by atoms with van der Waals surface area (Å²) in [5, 5.41) is 0. The number of hydrogen-bond donors (Lipinski definition) is 2. The number of sulfonamides is 1. The first-order chi connectivity index (χ1) is 9.18. The van der Waals surface area contributed by atoms with Gasteiger partial charge in [0, 0.05) is 25.4 Å². The van der Waals surface area contributed by atoms with Gasteiger partial charge >= 0.3 is 0 Å². The minimum Gasteiger partial charge on any atom is -0.349 e. The highest BCUT2D eigenvalue weighted by atomic mass is 32.2. The van der Waals surface area contributed by atoms with Crippen LogP contribution in [0, 0.1) is 0 Å². The molecule has 2 rings (SSSR count). The molecule has 0 saturated heterocycles. The fourth-order valence-corrected chi connectivity index (χ4v) is 2.84. The predicted molar refractivity (Wildman–Crippen MR) is 73.2 cm³/mol. The topological polar surface area (TPSA) is 74.8 Å². The minimum atomic E-state index is -3.37. The van der Waals surface area contributed by atoms with Gasteiger partial charge in [-0.2, -0.15) is 0 Å². The van der Waals surface area contributed by atoms with E-state index in [4.69, 9.17) is 0 Å². The van der Waals surface area contributed by atoms with E-state index in [9.17, 15) is 8.42 Å². The summed E-state index contributed by atoms with van der Waals surface area (Å²) in [5.74, 6) is 0.936. The van der Waals surface area contributed by atoms with Gasteiger partial charge in [-0.15, -0.1) is 0 Å². The number of nitrogens with zero attached hydrogens (tertiary/aromatic N) is 1. The van der Waals surface area contributed by atoms with Crippen molar-refractivity contribution in [3.05, 3.63) is 48.5 Å². The quantitative estimate of drug-likeness (QED) is 0.758. The molecule has 1 aromatic heterocycles. The van der Waals surface area contributed by atoms with E-state index in [2.05, 4.69) is 14.7 Å². The van der Waals surface area contributed by atoms with Crippen LogP contribution in [-0.4, -0.2) is 24.9 Å². The Kier molecular flexibility index (Phi) is 4.70. The van der Waals surface area contributed by atoms with E-state index >= 15 is 0 Å². The maximum Gasteiger partial charge on any atom is 0.240 e. The first-order valence-corrected chi connectivity index (χ1v) is 7.70. The van der Waals surface area contributed by atoms with Crippen LogP contribution >= 0.6 is 0 Å². The maximum atomic E-state index is 11.9. The summed E-state index contributed by atoms with van der Waals surface area (Å²) in [6.07, 6.45) is 6.01. The van der Waals surface area contributed by atoms with Crippen LogP contribution in [0.15, 0.2) is 47.6 Å². The predicted octanol–water partition coefficient (Wildman–Crippen LogP) is 1.71. The lowest BCUT2D eigenvalue weighted by atomic mass is 10.2. The number of H-pyrrole nitrogens is 1. The van der Waals surface area contributed by atoms with Crippen LogP contribution in [0.1, 0.15) is 18.7 Å². The minimum absolute atomic E-state index is 0.307. The summed E-state index contributed by atoms with van der Waals surface area (Å²) in [5.41, 5.74) is 0. The van der Waals surface area contributed by atoms with Gasteiger partial charge in [0.15, 0.2) is 0 Å². The van der Waals surface area contributed by atoms with Gasteiger partial charge in [0.1, 0.15) is 5.82 Å². The molecule has 0 radical (unpaired) electrons. The molecule has 0 unspecified atom stereocenters. The van der Waals surface area contributed by atoms with Crippen molar-refractivity contribution >= 4 is 10.0 Å². The number of rotatable bonds is 7. The summed E-state index contributed by atoms with van der Waals surface area (Å²) in [4.78, 5) is 7.44. The third-order valence-electron chi connectivity index (χ3n) is 2.74. The first-order valence-electron chi connectivity index (χ1n) is 6.21. The Hall–Kier alpha value is -1.66. The van der Waals surface area contributed by atoms with Crippen LogP contribution in [0.3, 0.4) is 0 Å². The van der Waals surface area contributed by atoms with Crippen LogP contribution in [0.25, 0.3) is 0 Å². The van der Waals surface area contributed by atoms with E-state index in [-0.39, 0.29) is 0 Å². The molecule has 5 nitrogen and oxygen atoms in total. The van der Waals surface area contributed by atoms with Crippen molar-refractivity contribution in [2.45, 2.75) is 24.2 Å². The van der Waals surface area contributed by atoms with Crippen molar-refractivity contribution < 1.29 is 8.42 Å². The number of nitrogens with one attached hydrogen (secondary N) is 2. The van der Waals surface area contributed by atoms with Crippen LogP contribution in [0.2, 0.25) is 0 Å². The van der Waals surface area contributed by atoms with Gasteiger partial charge in [0.05, 0.1) is 4.90 Å². The molecule has 0 aliphatic heterocycles. The van der Waals surface area contributed by atoms with Crippen molar-refractivity contribution in [1.82, 2.24) is 14.7 Å². The number of aryl methyl sites for hydroxylation is 1. The molecule has 19 heavy (non-hydrogen) atoms. The van der Waals surface area contributed by atoms with Gasteiger partial charge in [0.2, 0.25) is 10.0 Å². The van der Waals surface area contributed by atoms with Crippen molar-refractivity contribution in [2.75, 3.05) is 6.54 Å². The highest BCUT2D eigenvalue weighted by Crippen LogP contribution is 2.07. The van der Waals surface area contributed by atoms with Crippen LogP contribution in [0.4, 0.5) is 0 Å². The Morgan fingerprint density at radius 3 is 2.63 bits per heavy atom. The zero-order chi connectivity index (χ0) is 13.6. The molecule has 1 heterocycles. The molecule has 0 aliphatic rings. The molecule has 2 aromatic rings. The van der Waals surface area contributed by atoms with Crippen molar-refractivity contribution in [2.24, 2.45) is 0 Å². The van der Waals surface area contributed by atoms with Crippen LogP contribution in [-0.2, 0) is 16.4 Å². The van der Waals surface area contributed by atoms with Crippen LogP contribution < -0.4 is 4.72 Å². The Morgan fingerprint density at radius 1 is 1.16 bits per heavy atom. The largest absolute Gasteiger partial charge is 0.349 e. The second kappa shape index (κ2) is 6.49. The highest BCUT2D eigenvalue weighted by molar-refractivity contribution is 7.89. The standard InChI is InChI=1S/C13H17N3O2S/c17-19(18,12-6-2-1-3-7-12)16-9-5-4-8-13-14-10-11-15-13/h1-3,6-7,10-11,16H,4-5,8-9H2,(H,14,15). The summed E-state index contributed by atoms with van der Waals surface area (Å²) in [6.45, 7) is 0.442. The second-order valence-electron chi connectivity index (χ2n) is 4.20. The molecule has 0 amide bonds. The number of hydrogen-bond acceptors (Lipinski definition) is 3. The molecule has 0 bridgehead atoms. The van der Waals surface area contributed by atoms with E-state index < -0.39 is 10.0 Å². The molecule has 0 atom stereocenters. The van der Waals surface area contributed by atoms with E-state index in [1.165, 1.54) is 0 Å². The molecule has 0 saturated carbocycles.